The fourth-order valence-corrected chi connectivity index (χ4v) is 6.57. The summed E-state index contributed by atoms with van der Waals surface area (Å²) in [7, 11) is 0. The Hall–Kier alpha value is -2.99. The first kappa shape index (κ1) is 19.7. The quantitative estimate of drug-likeness (QED) is 0.448. The van der Waals surface area contributed by atoms with E-state index in [0.717, 1.165) is 66.6 Å². The van der Waals surface area contributed by atoms with E-state index in [1.165, 1.54) is 15.8 Å². The van der Waals surface area contributed by atoms with Crippen LogP contribution in [0.5, 0.6) is 0 Å². The zero-order valence-corrected chi connectivity index (χ0v) is 18.8. The van der Waals surface area contributed by atoms with Crippen molar-refractivity contribution in [1.29, 1.82) is 0 Å². The average Bonchev–Trinajstić information content (AvgIpc) is 3.57. The second-order valence-electron chi connectivity index (χ2n) is 9.07. The van der Waals surface area contributed by atoms with Crippen molar-refractivity contribution < 1.29 is 4.79 Å². The molecule has 0 bridgehead atoms. The van der Waals surface area contributed by atoms with Crippen LogP contribution in [0.3, 0.4) is 0 Å². The van der Waals surface area contributed by atoms with Crippen molar-refractivity contribution in [3.8, 4) is 0 Å². The number of para-hydroxylation sites is 1. The molecule has 1 aliphatic heterocycles. The van der Waals surface area contributed by atoms with E-state index >= 15 is 0 Å². The highest BCUT2D eigenvalue weighted by Gasteiger charge is 2.44. The van der Waals surface area contributed by atoms with Gasteiger partial charge in [-0.25, -0.2) is 9.97 Å². The summed E-state index contributed by atoms with van der Waals surface area (Å²) in [5, 5.41) is 2.25. The number of aromatic nitrogens is 3. The first-order valence-electron chi connectivity index (χ1n) is 11.5. The molecule has 2 aliphatic rings. The van der Waals surface area contributed by atoms with E-state index < -0.39 is 0 Å². The largest absolute Gasteiger partial charge is 0.346 e. The smallest absolute Gasteiger partial charge is 0.229 e. The molecule has 4 heterocycles. The second-order valence-corrected chi connectivity index (χ2v) is 10.2. The highest BCUT2D eigenvalue weighted by Crippen LogP contribution is 2.44. The fraction of sp³-hybridized carbons (Fsp3) is 0.346. The Morgan fingerprint density at radius 1 is 1.16 bits per heavy atom. The van der Waals surface area contributed by atoms with Gasteiger partial charge in [-0.3, -0.25) is 4.79 Å². The molecule has 0 atom stereocenters. The van der Waals surface area contributed by atoms with Crippen LogP contribution in [0.25, 0.3) is 26.8 Å². The van der Waals surface area contributed by atoms with Gasteiger partial charge in [-0.15, -0.1) is 11.3 Å². The maximum atomic E-state index is 13.8. The minimum Gasteiger partial charge on any atom is -0.346 e. The monoisotopic (exact) mass is 442 g/mol. The number of carbonyl (C=O) groups excluding carboxylic acids is 1. The van der Waals surface area contributed by atoms with E-state index in [-0.39, 0.29) is 5.41 Å². The molecule has 4 aromatic rings. The van der Waals surface area contributed by atoms with Crippen molar-refractivity contribution in [3.05, 3.63) is 65.4 Å². The summed E-state index contributed by atoms with van der Waals surface area (Å²) < 4.78 is 1.21. The molecule has 1 saturated carbocycles. The molecule has 1 aliphatic carbocycles. The predicted molar refractivity (Wildman–Crippen MR) is 129 cm³/mol. The van der Waals surface area contributed by atoms with E-state index in [0.29, 0.717) is 12.5 Å². The zero-order chi connectivity index (χ0) is 21.5. The van der Waals surface area contributed by atoms with Crippen molar-refractivity contribution in [1.82, 2.24) is 19.9 Å². The van der Waals surface area contributed by atoms with Gasteiger partial charge in [-0.05, 0) is 49.1 Å². The third-order valence-corrected chi connectivity index (χ3v) is 8.17. The molecule has 1 aromatic carbocycles. The van der Waals surface area contributed by atoms with Gasteiger partial charge in [-0.2, -0.15) is 0 Å². The number of carbonyl (C=O) groups is 1. The number of hydrogen-bond acceptors (Lipinski definition) is 4. The third kappa shape index (κ3) is 3.34. The average molecular weight is 443 g/mol. The van der Waals surface area contributed by atoms with Crippen LogP contribution in [-0.4, -0.2) is 38.8 Å². The van der Waals surface area contributed by atoms with Crippen LogP contribution in [0.2, 0.25) is 0 Å². The lowest BCUT2D eigenvalue weighted by molar-refractivity contribution is -0.141. The van der Waals surface area contributed by atoms with E-state index in [2.05, 4.69) is 45.2 Å². The highest BCUT2D eigenvalue weighted by molar-refractivity contribution is 7.18. The summed E-state index contributed by atoms with van der Waals surface area (Å²) in [6, 6.07) is 12.4. The number of rotatable bonds is 4. The third-order valence-electron chi connectivity index (χ3n) is 7.14. The number of hydrogen-bond donors (Lipinski definition) is 1. The maximum absolute atomic E-state index is 13.8. The van der Waals surface area contributed by atoms with Gasteiger partial charge in [0, 0.05) is 42.9 Å². The summed E-state index contributed by atoms with van der Waals surface area (Å²) in [6.45, 7) is 1.46. The molecule has 162 valence electrons. The minimum absolute atomic E-state index is 0.288. The van der Waals surface area contributed by atoms with E-state index in [9.17, 15) is 4.79 Å². The van der Waals surface area contributed by atoms with E-state index in [4.69, 9.17) is 4.98 Å². The number of thiazole rings is 1. The van der Waals surface area contributed by atoms with Gasteiger partial charge in [0.15, 0.2) is 0 Å². The summed E-state index contributed by atoms with van der Waals surface area (Å²) in [5.74, 6) is 0.324. The molecule has 6 heteroatoms. The van der Waals surface area contributed by atoms with E-state index in [1.54, 1.807) is 11.3 Å². The molecular weight excluding hydrogens is 416 g/mol. The fourth-order valence-electron chi connectivity index (χ4n) is 5.46. The summed E-state index contributed by atoms with van der Waals surface area (Å²) in [5.41, 5.74) is 4.20. The minimum atomic E-state index is -0.288. The van der Waals surface area contributed by atoms with Crippen molar-refractivity contribution in [3.63, 3.8) is 0 Å². The lowest BCUT2D eigenvalue weighted by Gasteiger charge is -2.35. The van der Waals surface area contributed by atoms with Crippen molar-refractivity contribution in [2.45, 2.75) is 38.5 Å². The van der Waals surface area contributed by atoms with Crippen LogP contribution in [0, 0.1) is 5.41 Å². The van der Waals surface area contributed by atoms with Gasteiger partial charge in [0.2, 0.25) is 5.91 Å². The SMILES string of the molecule is O=C(N1CC=C(c2c[nH]c3ncccc23)CC1)C1(Cc2nc3ccccc3s2)CCCC1. The standard InChI is InChI=1S/C26H26N4OS/c31-25(26(11-3-4-12-26)16-23-29-21-7-1-2-8-22(21)32-23)30-14-9-18(10-15-30)20-17-28-24-19(20)6-5-13-27-24/h1-2,5-9,13,17H,3-4,10-12,14-16H2,(H,27,28). The molecule has 1 N–H and O–H groups in total. The Labute approximate surface area is 191 Å². The molecule has 0 unspecified atom stereocenters. The topological polar surface area (TPSA) is 61.9 Å². The first-order chi connectivity index (χ1) is 15.7. The van der Waals surface area contributed by atoms with Gasteiger partial charge in [0.1, 0.15) is 5.65 Å². The van der Waals surface area contributed by atoms with Gasteiger partial charge < -0.3 is 9.88 Å². The number of fused-ring (bicyclic) bond motifs is 2. The van der Waals surface area contributed by atoms with Crippen LogP contribution >= 0.6 is 11.3 Å². The van der Waals surface area contributed by atoms with E-state index in [1.807, 2.05) is 24.5 Å². The molecule has 32 heavy (non-hydrogen) atoms. The number of nitrogens with zero attached hydrogens (tertiary/aromatic N) is 3. The van der Waals surface area contributed by atoms with Gasteiger partial charge in [-0.1, -0.05) is 31.1 Å². The number of H-pyrrole nitrogens is 1. The van der Waals surface area contributed by atoms with Crippen molar-refractivity contribution >= 4 is 44.1 Å². The van der Waals surface area contributed by atoms with Crippen LogP contribution < -0.4 is 0 Å². The Morgan fingerprint density at radius 2 is 2.03 bits per heavy atom. The summed E-state index contributed by atoms with van der Waals surface area (Å²) in [4.78, 5) is 28.4. The molecule has 6 rings (SSSR count). The summed E-state index contributed by atoms with van der Waals surface area (Å²) in [6.07, 6.45) is 12.0. The number of amides is 1. The molecule has 5 nitrogen and oxygen atoms in total. The zero-order valence-electron chi connectivity index (χ0n) is 18.0. The van der Waals surface area contributed by atoms with Gasteiger partial charge >= 0.3 is 0 Å². The number of pyridine rings is 1. The number of aromatic amines is 1. The molecule has 1 fully saturated rings. The summed E-state index contributed by atoms with van der Waals surface area (Å²) >= 11 is 1.74. The van der Waals surface area contributed by atoms with Crippen LogP contribution in [0.1, 0.15) is 42.7 Å². The predicted octanol–water partition coefficient (Wildman–Crippen LogP) is 5.59. The van der Waals surface area contributed by atoms with Gasteiger partial charge in [0.25, 0.3) is 0 Å². The second kappa shape index (κ2) is 7.85. The maximum Gasteiger partial charge on any atom is 0.229 e. The van der Waals surface area contributed by atoms with Crippen LogP contribution in [-0.2, 0) is 11.2 Å². The molecule has 0 saturated heterocycles. The lowest BCUT2D eigenvalue weighted by atomic mass is 9.81. The molecule has 0 radical (unpaired) electrons. The highest BCUT2D eigenvalue weighted by atomic mass is 32.1. The Morgan fingerprint density at radius 3 is 2.84 bits per heavy atom. The van der Waals surface area contributed by atoms with Crippen LogP contribution in [0.4, 0.5) is 0 Å². The molecule has 0 spiro atoms. The normalized spacial score (nSPS) is 18.4. The lowest BCUT2D eigenvalue weighted by Crippen LogP contribution is -2.45. The molecule has 3 aromatic heterocycles. The number of benzene rings is 1. The van der Waals surface area contributed by atoms with Crippen LogP contribution in [0.15, 0.2) is 54.9 Å². The first-order valence-corrected chi connectivity index (χ1v) is 12.3. The Balaban J connectivity index is 1.23. The Kier molecular flexibility index (Phi) is 4.83. The Bertz CT molecular complexity index is 1290. The van der Waals surface area contributed by atoms with Crippen molar-refractivity contribution in [2.24, 2.45) is 5.41 Å². The molecular formula is C26H26N4OS. The number of nitrogens with one attached hydrogen (secondary N) is 1. The molecule has 1 amide bonds. The van der Waals surface area contributed by atoms with Crippen molar-refractivity contribution in [2.75, 3.05) is 13.1 Å². The van der Waals surface area contributed by atoms with Gasteiger partial charge in [0.05, 0.1) is 20.6 Å².